The third kappa shape index (κ3) is 5.84. The third-order valence-electron chi connectivity index (χ3n) is 0.901. The Kier molecular flexibility index (Phi) is 6.26. The lowest BCUT2D eigenvalue weighted by molar-refractivity contribution is -0.148. The number of hydrogen-bond acceptors (Lipinski definition) is 5. The summed E-state index contributed by atoms with van der Waals surface area (Å²) in [6.07, 6.45) is -1.49. The highest BCUT2D eigenvalue weighted by molar-refractivity contribution is 7.80. The second kappa shape index (κ2) is 6.78. The van der Waals surface area contributed by atoms with Crippen molar-refractivity contribution in [3.63, 3.8) is 0 Å². The van der Waals surface area contributed by atoms with Crippen LogP contribution in [0.3, 0.4) is 0 Å². The van der Waals surface area contributed by atoms with Crippen LogP contribution in [0.25, 0.3) is 0 Å². The van der Waals surface area contributed by atoms with E-state index in [2.05, 4.69) is 27.4 Å². The first-order valence-corrected chi connectivity index (χ1v) is 3.98. The van der Waals surface area contributed by atoms with Gasteiger partial charge in [0.15, 0.2) is 0 Å². The molecule has 0 aliphatic carbocycles. The smallest absolute Gasteiger partial charge is 0.410 e. The number of carbonyl (C=O) groups is 2. The van der Waals surface area contributed by atoms with Crippen molar-refractivity contribution in [3.05, 3.63) is 0 Å². The topological polar surface area (TPSA) is 64.6 Å². The van der Waals surface area contributed by atoms with E-state index in [0.717, 1.165) is 0 Å². The molecule has 0 bridgehead atoms. The van der Waals surface area contributed by atoms with E-state index in [1.165, 1.54) is 6.92 Å². The first-order valence-electron chi connectivity index (χ1n) is 3.35. The maximum Gasteiger partial charge on any atom is 0.410 e. The molecule has 0 radical (unpaired) electrons. The number of carbonyl (C=O) groups excluding carboxylic acids is 2. The highest BCUT2D eigenvalue weighted by Gasteiger charge is 2.07. The van der Waals surface area contributed by atoms with Gasteiger partial charge in [0.2, 0.25) is 6.29 Å². The number of thiol groups is 1. The van der Waals surface area contributed by atoms with E-state index in [4.69, 9.17) is 0 Å². The second-order valence-electron chi connectivity index (χ2n) is 1.86. The Balaban J connectivity index is 3.46. The number of nitrogens with one attached hydrogen (secondary N) is 1. The standard InChI is InChI=1S/C6H11NO4S/c1-5(10-4-8)11-6(9)7-2-3-12/h4-5,12H,2-3H2,1H3,(H,7,9). The summed E-state index contributed by atoms with van der Waals surface area (Å²) >= 11 is 3.87. The molecule has 0 saturated heterocycles. The molecule has 0 aromatic rings. The minimum atomic E-state index is -0.859. The largest absolute Gasteiger partial charge is 0.428 e. The summed E-state index contributed by atoms with van der Waals surface area (Å²) in [5.41, 5.74) is 0. The van der Waals surface area contributed by atoms with E-state index in [0.29, 0.717) is 12.3 Å². The number of amides is 1. The molecule has 0 spiro atoms. The maximum absolute atomic E-state index is 10.7. The van der Waals surface area contributed by atoms with E-state index in [1.807, 2.05) is 0 Å². The molecule has 1 N–H and O–H groups in total. The molecule has 1 unspecified atom stereocenters. The number of hydrogen-bond donors (Lipinski definition) is 2. The summed E-state index contributed by atoms with van der Waals surface area (Å²) < 4.78 is 8.87. The fourth-order valence-corrected chi connectivity index (χ4v) is 0.568. The second-order valence-corrected chi connectivity index (χ2v) is 2.30. The Bertz CT molecular complexity index is 152. The molecule has 5 nitrogen and oxygen atoms in total. The molecule has 0 rings (SSSR count). The predicted molar refractivity (Wildman–Crippen MR) is 44.9 cm³/mol. The minimum Gasteiger partial charge on any atom is -0.428 e. The summed E-state index contributed by atoms with van der Waals surface area (Å²) in [5.74, 6) is 0.526. The van der Waals surface area contributed by atoms with Crippen LogP contribution in [0.1, 0.15) is 6.92 Å². The zero-order valence-corrected chi connectivity index (χ0v) is 7.54. The molecular weight excluding hydrogens is 182 g/mol. The van der Waals surface area contributed by atoms with E-state index >= 15 is 0 Å². The number of ether oxygens (including phenoxy) is 2. The van der Waals surface area contributed by atoms with Gasteiger partial charge in [-0.05, 0) is 0 Å². The van der Waals surface area contributed by atoms with Crippen LogP contribution in [-0.4, -0.2) is 31.2 Å². The van der Waals surface area contributed by atoms with Gasteiger partial charge >= 0.3 is 6.09 Å². The van der Waals surface area contributed by atoms with Gasteiger partial charge in [-0.25, -0.2) is 4.79 Å². The highest BCUT2D eigenvalue weighted by atomic mass is 32.1. The number of alkyl carbamates (subject to hydrolysis) is 1. The van der Waals surface area contributed by atoms with E-state index in [9.17, 15) is 9.59 Å². The van der Waals surface area contributed by atoms with Gasteiger partial charge in [-0.1, -0.05) is 0 Å². The van der Waals surface area contributed by atoms with Gasteiger partial charge in [0.25, 0.3) is 6.47 Å². The van der Waals surface area contributed by atoms with Gasteiger partial charge < -0.3 is 14.8 Å². The Morgan fingerprint density at radius 1 is 1.75 bits per heavy atom. The zero-order chi connectivity index (χ0) is 9.40. The molecule has 6 heteroatoms. The lowest BCUT2D eigenvalue weighted by Crippen LogP contribution is -2.30. The zero-order valence-electron chi connectivity index (χ0n) is 6.65. The normalized spacial score (nSPS) is 11.5. The molecule has 0 saturated carbocycles. The maximum atomic E-state index is 10.7. The van der Waals surface area contributed by atoms with Crippen LogP contribution in [0.2, 0.25) is 0 Å². The minimum absolute atomic E-state index is 0.219. The summed E-state index contributed by atoms with van der Waals surface area (Å²) in [6, 6.07) is 0. The van der Waals surface area contributed by atoms with Crippen molar-refractivity contribution in [2.45, 2.75) is 13.2 Å². The average molecular weight is 193 g/mol. The van der Waals surface area contributed by atoms with Crippen molar-refractivity contribution in [2.24, 2.45) is 0 Å². The molecule has 0 heterocycles. The van der Waals surface area contributed by atoms with Crippen molar-refractivity contribution in [1.29, 1.82) is 0 Å². The van der Waals surface area contributed by atoms with Gasteiger partial charge in [-0.15, -0.1) is 0 Å². The quantitative estimate of drug-likeness (QED) is 0.371. The molecule has 70 valence electrons. The summed E-state index contributed by atoms with van der Waals surface area (Å²) in [7, 11) is 0. The Morgan fingerprint density at radius 2 is 2.42 bits per heavy atom. The Labute approximate surface area is 75.8 Å². The molecule has 0 fully saturated rings. The Hall–Kier alpha value is -0.910. The molecule has 0 aliphatic rings. The third-order valence-corrected chi connectivity index (χ3v) is 1.12. The average Bonchev–Trinajstić information content (AvgIpc) is 2.01. The van der Waals surface area contributed by atoms with E-state index in [-0.39, 0.29) is 6.47 Å². The van der Waals surface area contributed by atoms with Crippen LogP contribution in [0.5, 0.6) is 0 Å². The fourth-order valence-electron chi connectivity index (χ4n) is 0.456. The van der Waals surface area contributed by atoms with Gasteiger partial charge in [-0.2, -0.15) is 12.6 Å². The van der Waals surface area contributed by atoms with Crippen LogP contribution < -0.4 is 5.32 Å². The van der Waals surface area contributed by atoms with Crippen molar-refractivity contribution in [2.75, 3.05) is 12.3 Å². The monoisotopic (exact) mass is 193 g/mol. The fraction of sp³-hybridized carbons (Fsp3) is 0.667. The van der Waals surface area contributed by atoms with Crippen molar-refractivity contribution >= 4 is 25.2 Å². The first kappa shape index (κ1) is 11.1. The SMILES string of the molecule is CC(OC=O)OC(=O)NCCS. The first-order chi connectivity index (χ1) is 5.70. The Morgan fingerprint density at radius 3 is 2.92 bits per heavy atom. The molecule has 0 aromatic heterocycles. The molecule has 0 aliphatic heterocycles. The molecule has 0 aromatic carbocycles. The summed E-state index contributed by atoms with van der Waals surface area (Å²) in [6.45, 7) is 2.07. The van der Waals surface area contributed by atoms with E-state index in [1.54, 1.807) is 0 Å². The molecular formula is C6H11NO4S. The van der Waals surface area contributed by atoms with Crippen LogP contribution >= 0.6 is 12.6 Å². The van der Waals surface area contributed by atoms with Crippen LogP contribution in [0.15, 0.2) is 0 Å². The summed E-state index contributed by atoms with van der Waals surface area (Å²) in [4.78, 5) is 20.5. The lowest BCUT2D eigenvalue weighted by Gasteiger charge is -2.10. The van der Waals surface area contributed by atoms with Crippen LogP contribution in [-0.2, 0) is 14.3 Å². The predicted octanol–water partition coefficient (Wildman–Crippen LogP) is 0.161. The van der Waals surface area contributed by atoms with Gasteiger partial charge in [0.05, 0.1) is 0 Å². The molecule has 1 atom stereocenters. The van der Waals surface area contributed by atoms with Gasteiger partial charge in [0.1, 0.15) is 0 Å². The number of rotatable bonds is 5. The van der Waals surface area contributed by atoms with Crippen molar-refractivity contribution in [3.8, 4) is 0 Å². The van der Waals surface area contributed by atoms with Crippen LogP contribution in [0.4, 0.5) is 4.79 Å². The van der Waals surface area contributed by atoms with Crippen LogP contribution in [0, 0.1) is 0 Å². The van der Waals surface area contributed by atoms with E-state index < -0.39 is 12.4 Å². The molecule has 12 heavy (non-hydrogen) atoms. The lowest BCUT2D eigenvalue weighted by atomic mass is 10.7. The van der Waals surface area contributed by atoms with Crippen molar-refractivity contribution < 1.29 is 19.1 Å². The highest BCUT2D eigenvalue weighted by Crippen LogP contribution is 1.90. The van der Waals surface area contributed by atoms with Crippen molar-refractivity contribution in [1.82, 2.24) is 5.32 Å². The molecule has 1 amide bonds. The summed E-state index contributed by atoms with van der Waals surface area (Å²) in [5, 5.41) is 2.39. The van der Waals surface area contributed by atoms with Gasteiger partial charge in [0, 0.05) is 19.2 Å². The van der Waals surface area contributed by atoms with Gasteiger partial charge in [-0.3, -0.25) is 4.79 Å².